The minimum atomic E-state index is -3.10. The average Bonchev–Trinajstić information content (AvgIpc) is 3.25. The monoisotopic (exact) mass is 456 g/mol. The topological polar surface area (TPSA) is 26.4 Å². The molecule has 0 aromatic heterocycles. The van der Waals surface area contributed by atoms with Gasteiger partial charge in [0.05, 0.1) is 0 Å². The summed E-state index contributed by atoms with van der Waals surface area (Å²) in [6, 6.07) is 10.0. The molecule has 26 heavy (non-hydrogen) atoms. The predicted molar refractivity (Wildman–Crippen MR) is 97.9 cm³/mol. The van der Waals surface area contributed by atoms with E-state index in [4.69, 9.17) is 4.65 Å². The molecule has 1 aromatic rings. The largest absolute Gasteiger partial charge is 0.214 e. The van der Waals surface area contributed by atoms with Crippen LogP contribution in [-0.2, 0) is 21.7 Å². The van der Waals surface area contributed by atoms with Crippen molar-refractivity contribution in [3.05, 3.63) is 37.0 Å². The van der Waals surface area contributed by atoms with Crippen LogP contribution in [-0.4, -0.2) is 35.5 Å². The van der Waals surface area contributed by atoms with Crippen LogP contribution < -0.4 is 0 Å². The van der Waals surface area contributed by atoms with E-state index in [0.717, 1.165) is 38.5 Å². The minimum absolute atomic E-state index is 0. The first kappa shape index (κ1) is 28.3. The van der Waals surface area contributed by atoms with Crippen molar-refractivity contribution in [2.24, 2.45) is 0 Å². The van der Waals surface area contributed by atoms with Gasteiger partial charge in [0.2, 0.25) is 0 Å². The molecular formula is C16H27F4MnN2OP2+. The van der Waals surface area contributed by atoms with Gasteiger partial charge < -0.3 is 0 Å². The first-order valence-electron chi connectivity index (χ1n) is 8.34. The van der Waals surface area contributed by atoms with Crippen LogP contribution in [0.25, 0.3) is 0 Å². The molecule has 0 bridgehead atoms. The molecular weight excluding hydrogens is 429 g/mol. The quantitative estimate of drug-likeness (QED) is 0.177. The van der Waals surface area contributed by atoms with Gasteiger partial charge in [-0.3, -0.25) is 0 Å². The third-order valence-corrected chi connectivity index (χ3v) is 5.60. The van der Waals surface area contributed by atoms with Gasteiger partial charge in [-0.15, -0.1) is 9.34 Å². The molecule has 1 radical (unpaired) electrons. The number of nitrogens with zero attached hydrogens (tertiary/aromatic N) is 2. The summed E-state index contributed by atoms with van der Waals surface area (Å²) >= 11 is 0. The number of hydrogen-bond acceptors (Lipinski definition) is 2. The molecule has 0 spiro atoms. The van der Waals surface area contributed by atoms with E-state index in [1.54, 1.807) is 0 Å². The fourth-order valence-corrected chi connectivity index (χ4v) is 3.76. The number of rotatable bonds is 2. The molecule has 2 heterocycles. The summed E-state index contributed by atoms with van der Waals surface area (Å²) < 4.78 is 57.9. The second-order valence-corrected chi connectivity index (χ2v) is 7.77. The van der Waals surface area contributed by atoms with Crippen molar-refractivity contribution < 1.29 is 38.5 Å². The zero-order valence-corrected chi connectivity index (χ0v) is 17.8. The molecule has 0 saturated carbocycles. The van der Waals surface area contributed by atoms with Crippen LogP contribution >= 0.6 is 17.4 Å². The van der Waals surface area contributed by atoms with Crippen molar-refractivity contribution >= 4 is 17.4 Å². The van der Waals surface area contributed by atoms with E-state index in [-0.39, 0.29) is 17.1 Å². The maximum Gasteiger partial charge on any atom is 0 e. The third-order valence-electron chi connectivity index (χ3n) is 3.75. The molecule has 2 fully saturated rings. The Morgan fingerprint density at radius 1 is 0.692 bits per heavy atom. The van der Waals surface area contributed by atoms with Gasteiger partial charge in [-0.25, -0.2) is 12.1 Å². The van der Waals surface area contributed by atoms with Gasteiger partial charge in [0, 0.05) is 43.2 Å². The van der Waals surface area contributed by atoms with Crippen LogP contribution in [0.4, 0.5) is 16.8 Å². The summed E-state index contributed by atoms with van der Waals surface area (Å²) in [7, 11) is -6.20. The van der Waals surface area contributed by atoms with Gasteiger partial charge in [0.15, 0.2) is 0 Å². The van der Waals surface area contributed by atoms with E-state index in [0.29, 0.717) is 26.2 Å². The van der Waals surface area contributed by atoms with Crippen molar-refractivity contribution in [3.63, 3.8) is 0 Å². The fourth-order valence-electron chi connectivity index (χ4n) is 2.45. The Hall–Kier alpha value is 0.109. The van der Waals surface area contributed by atoms with Crippen molar-refractivity contribution in [1.82, 2.24) is 9.34 Å². The Bertz CT molecular complexity index is 363. The molecule has 2 aliphatic rings. The molecule has 0 aliphatic carbocycles. The standard InChI is InChI=1S/2C5H10F2NP.C5H5.CO.Mn/c2*6-9(7)8-4-2-1-3-5-8;1-2-4-5-3-1;1-2;/h2*1-5H2;1-5H;;/q;;-1;;/p+2. The third kappa shape index (κ3) is 15.2. The van der Waals surface area contributed by atoms with Crippen LogP contribution in [0.1, 0.15) is 38.5 Å². The van der Waals surface area contributed by atoms with Crippen molar-refractivity contribution in [2.75, 3.05) is 26.2 Å². The van der Waals surface area contributed by atoms with Crippen LogP contribution in [0.3, 0.4) is 0 Å². The molecule has 0 amide bonds. The molecule has 3 rings (SSSR count). The van der Waals surface area contributed by atoms with Gasteiger partial charge in [-0.2, -0.15) is 18.2 Å². The van der Waals surface area contributed by atoms with Gasteiger partial charge in [-0.05, 0) is 42.5 Å². The first-order valence-corrected chi connectivity index (χ1v) is 10.7. The van der Waals surface area contributed by atoms with Gasteiger partial charge in [-0.1, -0.05) is 12.8 Å². The molecule has 0 atom stereocenters. The summed E-state index contributed by atoms with van der Waals surface area (Å²) in [5.41, 5.74) is 0. The first-order chi connectivity index (χ1) is 12.1. The average molecular weight is 456 g/mol. The van der Waals surface area contributed by atoms with E-state index in [2.05, 4.69) is 6.65 Å². The predicted octanol–water partition coefficient (Wildman–Crippen LogP) is 6.11. The maximum absolute atomic E-state index is 11.9. The fraction of sp³-hybridized carbons (Fsp3) is 0.625. The van der Waals surface area contributed by atoms with E-state index in [1.165, 1.54) is 9.34 Å². The Labute approximate surface area is 167 Å². The van der Waals surface area contributed by atoms with E-state index in [9.17, 15) is 16.8 Å². The molecule has 0 N–H and O–H groups in total. The summed E-state index contributed by atoms with van der Waals surface area (Å²) in [6.07, 6.45) is 6.10. The molecule has 10 heteroatoms. The summed E-state index contributed by atoms with van der Waals surface area (Å²) in [6.45, 7) is 7.01. The van der Waals surface area contributed by atoms with Crippen molar-refractivity contribution in [3.8, 4) is 0 Å². The van der Waals surface area contributed by atoms with Gasteiger partial charge >= 0.3 is 28.7 Å². The Kier molecular flexibility index (Phi) is 21.6. The summed E-state index contributed by atoms with van der Waals surface area (Å²) in [5, 5.41) is 0. The van der Waals surface area contributed by atoms with Gasteiger partial charge in [0.1, 0.15) is 0 Å². The summed E-state index contributed by atoms with van der Waals surface area (Å²) in [4.78, 5) is 0. The molecule has 151 valence electrons. The minimum Gasteiger partial charge on any atom is -0.214 e. The molecule has 0 unspecified atom stereocenters. The molecule has 1 aromatic carbocycles. The number of hydrogen-bond donors (Lipinski definition) is 0. The zero-order valence-electron chi connectivity index (χ0n) is 14.7. The van der Waals surface area contributed by atoms with E-state index >= 15 is 0 Å². The molecule has 2 aliphatic heterocycles. The second-order valence-electron chi connectivity index (χ2n) is 5.54. The van der Waals surface area contributed by atoms with E-state index < -0.39 is 17.4 Å². The van der Waals surface area contributed by atoms with E-state index in [1.807, 2.05) is 30.3 Å². The van der Waals surface area contributed by atoms with Crippen LogP contribution in [0, 0.1) is 6.65 Å². The van der Waals surface area contributed by atoms with Crippen LogP contribution in [0.15, 0.2) is 30.3 Å². The second kappa shape index (κ2) is 19.9. The SMILES string of the molecule is F[PH+](F)N1CCCCC1.F[PH+](F)N1CCCCC1.[C-]#[O+].[Mn].c1cc[cH-]c1. The van der Waals surface area contributed by atoms with Crippen molar-refractivity contribution in [2.45, 2.75) is 38.5 Å². The maximum atomic E-state index is 11.9. The smallest absolute Gasteiger partial charge is 0 e. The Morgan fingerprint density at radius 3 is 1.15 bits per heavy atom. The molecule has 2 saturated heterocycles. The zero-order chi connectivity index (χ0) is 18.9. The van der Waals surface area contributed by atoms with Crippen LogP contribution in [0.2, 0.25) is 0 Å². The number of halogens is 4. The summed E-state index contributed by atoms with van der Waals surface area (Å²) in [5.74, 6) is 0. The van der Waals surface area contributed by atoms with Crippen molar-refractivity contribution in [1.29, 1.82) is 0 Å². The van der Waals surface area contributed by atoms with Crippen LogP contribution in [0.5, 0.6) is 0 Å². The molecule has 3 nitrogen and oxygen atoms in total. The van der Waals surface area contributed by atoms with Gasteiger partial charge in [0.25, 0.3) is 0 Å². The normalized spacial score (nSPS) is 17.5. The Balaban J connectivity index is 0. The number of piperidine rings is 2. The Morgan fingerprint density at radius 2 is 1.00 bits per heavy atom.